The molecule has 7 heteroatoms. The van der Waals surface area contributed by atoms with Gasteiger partial charge in [-0.2, -0.15) is 5.10 Å². The second-order valence-corrected chi connectivity index (χ2v) is 6.80. The maximum Gasteiger partial charge on any atom is 0.346 e. The maximum atomic E-state index is 12.8. The van der Waals surface area contributed by atoms with Gasteiger partial charge in [0.15, 0.2) is 0 Å². The number of urea groups is 1. The fraction of sp³-hybridized carbons (Fsp3) is 0.211. The first kappa shape index (κ1) is 18.0. The molecule has 134 valence electrons. The molecule has 3 rings (SSSR count). The first-order valence-electron chi connectivity index (χ1n) is 7.97. The van der Waals surface area contributed by atoms with Crippen LogP contribution >= 0.6 is 11.8 Å². The zero-order chi connectivity index (χ0) is 18.7. The van der Waals surface area contributed by atoms with E-state index in [2.05, 4.69) is 10.4 Å². The predicted molar refractivity (Wildman–Crippen MR) is 102 cm³/mol. The average Bonchev–Trinajstić information content (AvgIpc) is 2.90. The van der Waals surface area contributed by atoms with Gasteiger partial charge in [-0.3, -0.25) is 4.79 Å². The summed E-state index contributed by atoms with van der Waals surface area (Å²) in [6, 6.07) is 14.1. The van der Waals surface area contributed by atoms with Crippen LogP contribution in [0.25, 0.3) is 0 Å². The minimum absolute atomic E-state index is 0.426. The smallest absolute Gasteiger partial charge is 0.346 e. The molecule has 2 aromatic rings. The molecule has 0 spiro atoms. The second-order valence-electron chi connectivity index (χ2n) is 5.92. The Morgan fingerprint density at radius 2 is 1.77 bits per heavy atom. The Kier molecular flexibility index (Phi) is 4.99. The van der Waals surface area contributed by atoms with Gasteiger partial charge in [-0.15, -0.1) is 16.8 Å². The summed E-state index contributed by atoms with van der Waals surface area (Å²) in [5, 5.41) is 7.67. The Labute approximate surface area is 156 Å². The van der Waals surface area contributed by atoms with Crippen LogP contribution in [0.5, 0.6) is 5.75 Å². The van der Waals surface area contributed by atoms with Crippen LogP contribution in [0.15, 0.2) is 58.5 Å². The molecule has 6 nitrogen and oxygen atoms in total. The standard InChI is InChI=1S/C19H19N3O3S/c1-19(14-6-8-15(25-2)9-7-14)17(23)22(18(24)21-19)20-12-13-4-10-16(26-3)11-5-13/h4-12H,1-3H3,(H,21,24)/b20-12-/t19-/m1/s1. The van der Waals surface area contributed by atoms with E-state index >= 15 is 0 Å². The second kappa shape index (κ2) is 7.21. The molecule has 1 aliphatic rings. The van der Waals surface area contributed by atoms with Crippen molar-refractivity contribution in [2.75, 3.05) is 13.4 Å². The van der Waals surface area contributed by atoms with E-state index in [0.29, 0.717) is 11.3 Å². The van der Waals surface area contributed by atoms with Gasteiger partial charge in [0.1, 0.15) is 11.3 Å². The van der Waals surface area contributed by atoms with Gasteiger partial charge >= 0.3 is 6.03 Å². The molecule has 1 aliphatic heterocycles. The van der Waals surface area contributed by atoms with Crippen LogP contribution in [0.1, 0.15) is 18.1 Å². The zero-order valence-electron chi connectivity index (χ0n) is 14.7. The van der Waals surface area contributed by atoms with E-state index in [9.17, 15) is 9.59 Å². The number of hydrazone groups is 1. The van der Waals surface area contributed by atoms with Crippen molar-refractivity contribution in [3.8, 4) is 5.75 Å². The summed E-state index contributed by atoms with van der Waals surface area (Å²) in [5.41, 5.74) is 0.309. The predicted octanol–water partition coefficient (Wildman–Crippen LogP) is 3.22. The number of carbonyl (C=O) groups excluding carboxylic acids is 2. The molecule has 0 aliphatic carbocycles. The van der Waals surface area contributed by atoms with Crippen molar-refractivity contribution in [3.05, 3.63) is 59.7 Å². The van der Waals surface area contributed by atoms with E-state index in [-0.39, 0.29) is 0 Å². The van der Waals surface area contributed by atoms with Crippen molar-refractivity contribution in [2.24, 2.45) is 5.10 Å². The Morgan fingerprint density at radius 1 is 1.12 bits per heavy atom. The van der Waals surface area contributed by atoms with Crippen molar-refractivity contribution in [2.45, 2.75) is 17.4 Å². The number of amides is 3. The molecule has 26 heavy (non-hydrogen) atoms. The molecule has 1 heterocycles. The number of nitrogens with one attached hydrogen (secondary N) is 1. The molecule has 1 saturated heterocycles. The molecule has 0 bridgehead atoms. The summed E-state index contributed by atoms with van der Waals surface area (Å²) < 4.78 is 5.13. The van der Waals surface area contributed by atoms with E-state index in [4.69, 9.17) is 4.74 Å². The van der Waals surface area contributed by atoms with Crippen LogP contribution < -0.4 is 10.1 Å². The van der Waals surface area contributed by atoms with E-state index in [0.717, 1.165) is 15.5 Å². The number of thioether (sulfide) groups is 1. The minimum atomic E-state index is -1.16. The lowest BCUT2D eigenvalue weighted by molar-refractivity contribution is -0.131. The molecule has 0 aromatic heterocycles. The summed E-state index contributed by atoms with van der Waals surface area (Å²) in [6.45, 7) is 1.66. The van der Waals surface area contributed by atoms with Crippen LogP contribution in [0.2, 0.25) is 0 Å². The van der Waals surface area contributed by atoms with Gasteiger partial charge in [0.25, 0.3) is 5.91 Å². The molecule has 3 amide bonds. The zero-order valence-corrected chi connectivity index (χ0v) is 15.5. The lowest BCUT2D eigenvalue weighted by atomic mass is 9.92. The topological polar surface area (TPSA) is 71.0 Å². The molecule has 1 atom stereocenters. The first-order chi connectivity index (χ1) is 12.5. The Hall–Kier alpha value is -2.80. The van der Waals surface area contributed by atoms with Gasteiger partial charge < -0.3 is 10.1 Å². The van der Waals surface area contributed by atoms with E-state index in [1.54, 1.807) is 50.1 Å². The average molecular weight is 369 g/mol. The van der Waals surface area contributed by atoms with Crippen molar-refractivity contribution >= 4 is 29.9 Å². The van der Waals surface area contributed by atoms with Gasteiger partial charge in [-0.05, 0) is 48.6 Å². The Morgan fingerprint density at radius 3 is 2.35 bits per heavy atom. The highest BCUT2D eigenvalue weighted by Crippen LogP contribution is 2.30. The third kappa shape index (κ3) is 3.30. The number of benzene rings is 2. The number of methoxy groups -OCH3 is 1. The third-order valence-electron chi connectivity index (χ3n) is 4.27. The largest absolute Gasteiger partial charge is 0.497 e. The molecule has 0 radical (unpaired) electrons. The fourth-order valence-corrected chi connectivity index (χ4v) is 3.07. The quantitative estimate of drug-likeness (QED) is 0.499. The van der Waals surface area contributed by atoms with E-state index in [1.165, 1.54) is 6.21 Å². The van der Waals surface area contributed by atoms with Gasteiger partial charge in [-0.25, -0.2) is 4.79 Å². The summed E-state index contributed by atoms with van der Waals surface area (Å²) in [6.07, 6.45) is 3.50. The summed E-state index contributed by atoms with van der Waals surface area (Å²) >= 11 is 1.64. The molecule has 0 saturated carbocycles. The number of hydrogen-bond acceptors (Lipinski definition) is 5. The number of ether oxygens (including phenoxy) is 1. The van der Waals surface area contributed by atoms with Crippen LogP contribution in [-0.2, 0) is 10.3 Å². The molecule has 1 N–H and O–H groups in total. The molecular formula is C19H19N3O3S. The van der Waals surface area contributed by atoms with Crippen LogP contribution in [0.3, 0.4) is 0 Å². The Balaban J connectivity index is 1.82. The van der Waals surface area contributed by atoms with Crippen molar-refractivity contribution in [1.82, 2.24) is 10.3 Å². The van der Waals surface area contributed by atoms with E-state index < -0.39 is 17.5 Å². The fourth-order valence-electron chi connectivity index (χ4n) is 2.66. The highest BCUT2D eigenvalue weighted by molar-refractivity contribution is 7.98. The van der Waals surface area contributed by atoms with Crippen LogP contribution in [-0.4, -0.2) is 36.5 Å². The molecule has 2 aromatic carbocycles. The SMILES string of the molecule is COc1ccc([C@@]2(C)NC(=O)N(/N=C\c3ccc(SC)cc3)C2=O)cc1. The maximum absolute atomic E-state index is 12.8. The van der Waals surface area contributed by atoms with Crippen LogP contribution in [0, 0.1) is 0 Å². The number of carbonyl (C=O) groups is 2. The monoisotopic (exact) mass is 369 g/mol. The summed E-state index contributed by atoms with van der Waals surface area (Å²) in [4.78, 5) is 26.2. The van der Waals surface area contributed by atoms with Gasteiger partial charge in [-0.1, -0.05) is 24.3 Å². The van der Waals surface area contributed by atoms with Crippen molar-refractivity contribution in [1.29, 1.82) is 0 Å². The van der Waals surface area contributed by atoms with Crippen LogP contribution in [0.4, 0.5) is 4.79 Å². The summed E-state index contributed by atoms with van der Waals surface area (Å²) in [7, 11) is 1.57. The third-order valence-corrected chi connectivity index (χ3v) is 5.02. The number of rotatable bonds is 5. The van der Waals surface area contributed by atoms with E-state index in [1.807, 2.05) is 30.5 Å². The van der Waals surface area contributed by atoms with Gasteiger partial charge in [0.2, 0.25) is 0 Å². The summed E-state index contributed by atoms with van der Waals surface area (Å²) in [5.74, 6) is 0.252. The van der Waals surface area contributed by atoms with Gasteiger partial charge in [0.05, 0.1) is 13.3 Å². The van der Waals surface area contributed by atoms with Crippen molar-refractivity contribution in [3.63, 3.8) is 0 Å². The molecular weight excluding hydrogens is 350 g/mol. The Bertz CT molecular complexity index is 849. The highest BCUT2D eigenvalue weighted by atomic mass is 32.2. The lowest BCUT2D eigenvalue weighted by Gasteiger charge is -2.21. The number of imide groups is 1. The number of nitrogens with zero attached hydrogens (tertiary/aromatic N) is 2. The van der Waals surface area contributed by atoms with Crippen molar-refractivity contribution < 1.29 is 14.3 Å². The molecule has 1 fully saturated rings. The molecule has 0 unspecified atom stereocenters. The van der Waals surface area contributed by atoms with Gasteiger partial charge in [0, 0.05) is 4.90 Å². The first-order valence-corrected chi connectivity index (χ1v) is 9.19. The lowest BCUT2D eigenvalue weighted by Crippen LogP contribution is -2.40. The normalized spacial score (nSPS) is 19.9. The minimum Gasteiger partial charge on any atom is -0.497 e. The highest BCUT2D eigenvalue weighted by Gasteiger charge is 2.49. The number of hydrogen-bond donors (Lipinski definition) is 1.